The Morgan fingerprint density at radius 1 is 1.35 bits per heavy atom. The molecule has 5 nitrogen and oxygen atoms in total. The third kappa shape index (κ3) is 3.18. The second-order valence-corrected chi connectivity index (χ2v) is 4.91. The van der Waals surface area contributed by atoms with Crippen LogP contribution in [0.1, 0.15) is 21.6 Å². The van der Waals surface area contributed by atoms with Gasteiger partial charge in [0, 0.05) is 17.6 Å². The number of carbonyl (C=O) groups excluding carboxylic acids is 1. The van der Waals surface area contributed by atoms with Crippen LogP contribution in [0.3, 0.4) is 0 Å². The topological polar surface area (TPSA) is 59.3 Å². The summed E-state index contributed by atoms with van der Waals surface area (Å²) in [7, 11) is 1.74. The summed E-state index contributed by atoms with van der Waals surface area (Å²) in [5, 5.41) is 9.06. The quantitative estimate of drug-likeness (QED) is 0.700. The Balaban J connectivity index is 2.06. The molecule has 1 aromatic carbocycles. The predicted octanol–water partition coefficient (Wildman–Crippen LogP) is 2.80. The van der Waals surface area contributed by atoms with Gasteiger partial charge in [0.25, 0.3) is 5.91 Å². The van der Waals surface area contributed by atoms with Crippen LogP contribution in [0.4, 0.5) is 0 Å². The summed E-state index contributed by atoms with van der Waals surface area (Å²) in [6, 6.07) is 6.52. The van der Waals surface area contributed by atoms with Crippen molar-refractivity contribution in [3.8, 4) is 0 Å². The molecule has 0 aliphatic rings. The lowest BCUT2D eigenvalue weighted by molar-refractivity contribution is 0.0955. The zero-order valence-corrected chi connectivity index (χ0v) is 12.4. The number of amides is 1. The summed E-state index contributed by atoms with van der Waals surface area (Å²) in [4.78, 5) is 11.8. The van der Waals surface area contributed by atoms with Crippen LogP contribution >= 0.6 is 23.2 Å². The first-order valence-corrected chi connectivity index (χ1v) is 6.52. The Morgan fingerprint density at radius 3 is 2.55 bits per heavy atom. The molecule has 20 heavy (non-hydrogen) atoms. The summed E-state index contributed by atoms with van der Waals surface area (Å²) in [5.74, 6) is -0.324. The SMILES string of the molecule is Cc1nn(C)c(Cl)c1/C=N\NC(=O)c1ccc(Cl)cc1. The van der Waals surface area contributed by atoms with Gasteiger partial charge in [0.1, 0.15) is 5.15 Å². The molecule has 0 atom stereocenters. The van der Waals surface area contributed by atoms with E-state index in [-0.39, 0.29) is 5.91 Å². The number of carbonyl (C=O) groups is 1. The molecular formula is C13H12Cl2N4O. The Hall–Kier alpha value is -1.85. The van der Waals surface area contributed by atoms with Crippen LogP contribution in [0, 0.1) is 6.92 Å². The second-order valence-electron chi connectivity index (χ2n) is 4.12. The minimum absolute atomic E-state index is 0.324. The lowest BCUT2D eigenvalue weighted by Gasteiger charge is -1.99. The van der Waals surface area contributed by atoms with E-state index in [0.717, 1.165) is 5.69 Å². The maximum absolute atomic E-state index is 11.8. The van der Waals surface area contributed by atoms with Gasteiger partial charge in [-0.25, -0.2) is 5.43 Å². The highest BCUT2D eigenvalue weighted by Crippen LogP contribution is 2.16. The fourth-order valence-electron chi connectivity index (χ4n) is 1.61. The number of rotatable bonds is 3. The van der Waals surface area contributed by atoms with Crippen molar-refractivity contribution < 1.29 is 4.79 Å². The number of nitrogens with one attached hydrogen (secondary N) is 1. The van der Waals surface area contributed by atoms with Crippen LogP contribution in [0.25, 0.3) is 0 Å². The molecule has 2 aromatic rings. The largest absolute Gasteiger partial charge is 0.271 e. The zero-order valence-electron chi connectivity index (χ0n) is 10.9. The maximum Gasteiger partial charge on any atom is 0.271 e. The van der Waals surface area contributed by atoms with Crippen LogP contribution in [0.2, 0.25) is 10.2 Å². The first kappa shape index (κ1) is 14.6. The Bertz CT molecular complexity index is 662. The smallest absolute Gasteiger partial charge is 0.267 e. The first-order chi connectivity index (χ1) is 9.49. The van der Waals surface area contributed by atoms with Crippen LogP contribution in [0.15, 0.2) is 29.4 Å². The third-order valence-electron chi connectivity index (χ3n) is 2.66. The molecule has 7 heteroatoms. The molecule has 0 bridgehead atoms. The normalized spacial score (nSPS) is 11.0. The number of hydrogen-bond donors (Lipinski definition) is 1. The van der Waals surface area contributed by atoms with E-state index in [2.05, 4.69) is 15.6 Å². The van der Waals surface area contributed by atoms with Crippen molar-refractivity contribution in [2.45, 2.75) is 6.92 Å². The maximum atomic E-state index is 11.8. The number of benzene rings is 1. The molecule has 0 aliphatic heterocycles. The number of nitrogens with zero attached hydrogens (tertiary/aromatic N) is 3. The Kier molecular flexibility index (Phi) is 4.42. The number of aryl methyl sites for hydroxylation is 2. The van der Waals surface area contributed by atoms with Crippen molar-refractivity contribution in [1.82, 2.24) is 15.2 Å². The van der Waals surface area contributed by atoms with Crippen LogP contribution in [-0.4, -0.2) is 21.9 Å². The molecule has 2 rings (SSSR count). The lowest BCUT2D eigenvalue weighted by atomic mass is 10.2. The van der Waals surface area contributed by atoms with Crippen molar-refractivity contribution in [2.75, 3.05) is 0 Å². The van der Waals surface area contributed by atoms with Crippen LogP contribution < -0.4 is 5.43 Å². The van der Waals surface area contributed by atoms with E-state index in [4.69, 9.17) is 23.2 Å². The number of aromatic nitrogens is 2. The molecule has 1 amide bonds. The molecule has 0 saturated carbocycles. The van der Waals surface area contributed by atoms with Crippen LogP contribution in [0.5, 0.6) is 0 Å². The van der Waals surface area contributed by atoms with E-state index in [1.807, 2.05) is 6.92 Å². The number of halogens is 2. The van der Waals surface area contributed by atoms with E-state index in [0.29, 0.717) is 21.3 Å². The van der Waals surface area contributed by atoms with E-state index < -0.39 is 0 Å². The van der Waals surface area contributed by atoms with Gasteiger partial charge in [-0.1, -0.05) is 23.2 Å². The van der Waals surface area contributed by atoms with Gasteiger partial charge in [-0.3, -0.25) is 9.48 Å². The van der Waals surface area contributed by atoms with E-state index >= 15 is 0 Å². The molecule has 0 fully saturated rings. The minimum atomic E-state index is -0.324. The summed E-state index contributed by atoms with van der Waals surface area (Å²) >= 11 is 11.8. The second kappa shape index (κ2) is 6.07. The molecule has 0 spiro atoms. The van der Waals surface area contributed by atoms with Gasteiger partial charge in [0.2, 0.25) is 0 Å². The molecule has 1 heterocycles. The fourth-order valence-corrected chi connectivity index (χ4v) is 1.96. The van der Waals surface area contributed by atoms with Crippen LogP contribution in [-0.2, 0) is 7.05 Å². The molecule has 1 N–H and O–H groups in total. The first-order valence-electron chi connectivity index (χ1n) is 5.77. The van der Waals surface area contributed by atoms with Crippen molar-refractivity contribution in [2.24, 2.45) is 12.1 Å². The molecule has 1 aromatic heterocycles. The molecule has 0 unspecified atom stereocenters. The van der Waals surface area contributed by atoms with E-state index in [1.165, 1.54) is 6.21 Å². The van der Waals surface area contributed by atoms with Crippen molar-refractivity contribution >= 4 is 35.3 Å². The standard InChI is InChI=1S/C13H12Cl2N4O/c1-8-11(12(15)19(2)18-8)7-16-17-13(20)9-3-5-10(14)6-4-9/h3-7H,1-2H3,(H,17,20)/b16-7-. The van der Waals surface area contributed by atoms with Crippen molar-refractivity contribution in [1.29, 1.82) is 0 Å². The van der Waals surface area contributed by atoms with Gasteiger partial charge < -0.3 is 0 Å². The highest BCUT2D eigenvalue weighted by Gasteiger charge is 2.09. The predicted molar refractivity (Wildman–Crippen MR) is 79.5 cm³/mol. The lowest BCUT2D eigenvalue weighted by Crippen LogP contribution is -2.17. The highest BCUT2D eigenvalue weighted by atomic mass is 35.5. The van der Waals surface area contributed by atoms with Gasteiger partial charge in [-0.2, -0.15) is 10.2 Å². The number of hydrazone groups is 1. The molecule has 0 saturated heterocycles. The number of hydrogen-bond acceptors (Lipinski definition) is 3. The summed E-state index contributed by atoms with van der Waals surface area (Å²) in [6.07, 6.45) is 1.47. The van der Waals surface area contributed by atoms with Gasteiger partial charge in [0.15, 0.2) is 0 Å². The van der Waals surface area contributed by atoms with Crippen molar-refractivity contribution in [3.05, 3.63) is 51.3 Å². The van der Waals surface area contributed by atoms with E-state index in [9.17, 15) is 4.79 Å². The Morgan fingerprint density at radius 2 is 2.00 bits per heavy atom. The third-order valence-corrected chi connectivity index (χ3v) is 3.36. The van der Waals surface area contributed by atoms with Gasteiger partial charge >= 0.3 is 0 Å². The monoisotopic (exact) mass is 310 g/mol. The average Bonchev–Trinajstić information content (AvgIpc) is 2.65. The molecule has 0 aliphatic carbocycles. The zero-order chi connectivity index (χ0) is 14.7. The Labute approximate surface area is 126 Å². The molecule has 0 radical (unpaired) electrons. The highest BCUT2D eigenvalue weighted by molar-refractivity contribution is 6.32. The molecular weight excluding hydrogens is 299 g/mol. The van der Waals surface area contributed by atoms with Gasteiger partial charge in [-0.05, 0) is 31.2 Å². The fraction of sp³-hybridized carbons (Fsp3) is 0.154. The summed E-state index contributed by atoms with van der Waals surface area (Å²) in [5.41, 5.74) is 4.30. The summed E-state index contributed by atoms with van der Waals surface area (Å²) < 4.78 is 1.54. The average molecular weight is 311 g/mol. The van der Waals surface area contributed by atoms with Gasteiger partial charge in [0.05, 0.1) is 17.5 Å². The molecule has 104 valence electrons. The van der Waals surface area contributed by atoms with Crippen molar-refractivity contribution in [3.63, 3.8) is 0 Å². The van der Waals surface area contributed by atoms with Gasteiger partial charge in [-0.15, -0.1) is 0 Å². The minimum Gasteiger partial charge on any atom is -0.267 e. The summed E-state index contributed by atoms with van der Waals surface area (Å²) in [6.45, 7) is 1.81. The van der Waals surface area contributed by atoms with E-state index in [1.54, 1.807) is 36.0 Å².